The Morgan fingerprint density at radius 3 is 2.14 bits per heavy atom. The summed E-state index contributed by atoms with van der Waals surface area (Å²) < 4.78 is 9.15. The second-order valence-corrected chi connectivity index (χ2v) is 1.86. The maximum atomic E-state index is 9.91. The van der Waals surface area contributed by atoms with Gasteiger partial charge in [-0.25, -0.2) is 4.79 Å². The van der Waals surface area contributed by atoms with Crippen LogP contribution >= 0.6 is 0 Å². The Balaban J connectivity index is 2.09. The molecule has 0 amide bonds. The summed E-state index contributed by atoms with van der Waals surface area (Å²) in [6.07, 6.45) is 1.26. The van der Waals surface area contributed by atoms with Crippen LogP contribution in [0.4, 0.5) is 4.79 Å². The summed E-state index contributed by atoms with van der Waals surface area (Å²) in [6.45, 7) is 0. The van der Waals surface area contributed by atoms with Crippen molar-refractivity contribution in [1.29, 1.82) is 0 Å². The standard InChI is InChI=1S/C4H4O3/c5-3-6-4(7-3)1-2-4/h1-2H2. The molecule has 1 aliphatic heterocycles. The monoisotopic (exact) mass is 100 g/mol. The van der Waals surface area contributed by atoms with Crippen LogP contribution in [0.25, 0.3) is 0 Å². The number of rotatable bonds is 0. The molecular weight excluding hydrogens is 96.0 g/mol. The average Bonchev–Trinajstić information content (AvgIpc) is 2.14. The normalized spacial score (nSPS) is 30.6. The largest absolute Gasteiger partial charge is 0.514 e. The molecule has 0 atom stereocenters. The number of carbonyl (C=O) groups excluding carboxylic acids is 1. The molecule has 0 aromatic carbocycles. The van der Waals surface area contributed by atoms with E-state index >= 15 is 0 Å². The summed E-state index contributed by atoms with van der Waals surface area (Å²) in [6, 6.07) is 0. The maximum Gasteiger partial charge on any atom is 0.514 e. The lowest BCUT2D eigenvalue weighted by Gasteiger charge is -2.24. The second kappa shape index (κ2) is 0.638. The van der Waals surface area contributed by atoms with E-state index in [4.69, 9.17) is 0 Å². The van der Waals surface area contributed by atoms with Crippen molar-refractivity contribution < 1.29 is 14.3 Å². The highest BCUT2D eigenvalue weighted by molar-refractivity contribution is 5.66. The smallest absolute Gasteiger partial charge is 0.391 e. The molecule has 3 nitrogen and oxygen atoms in total. The Hall–Kier alpha value is -0.730. The van der Waals surface area contributed by atoms with E-state index in [0.717, 1.165) is 12.8 Å². The van der Waals surface area contributed by atoms with Crippen LogP contribution in [0.5, 0.6) is 0 Å². The third kappa shape index (κ3) is 0.277. The van der Waals surface area contributed by atoms with Gasteiger partial charge < -0.3 is 9.47 Å². The molecule has 0 unspecified atom stereocenters. The summed E-state index contributed by atoms with van der Waals surface area (Å²) >= 11 is 0. The van der Waals surface area contributed by atoms with Crippen molar-refractivity contribution in [2.45, 2.75) is 18.6 Å². The SMILES string of the molecule is O=C1OC2(CC2)O1. The van der Waals surface area contributed by atoms with Crippen molar-refractivity contribution in [3.8, 4) is 0 Å². The average molecular weight is 100 g/mol. The van der Waals surface area contributed by atoms with E-state index in [2.05, 4.69) is 9.47 Å². The van der Waals surface area contributed by atoms with Crippen molar-refractivity contribution >= 4 is 6.16 Å². The van der Waals surface area contributed by atoms with Gasteiger partial charge in [0.15, 0.2) is 0 Å². The Morgan fingerprint density at radius 1 is 1.43 bits per heavy atom. The summed E-state index contributed by atoms with van der Waals surface area (Å²) in [4.78, 5) is 9.91. The predicted molar refractivity (Wildman–Crippen MR) is 19.5 cm³/mol. The van der Waals surface area contributed by atoms with Crippen molar-refractivity contribution in [3.05, 3.63) is 0 Å². The predicted octanol–water partition coefficient (Wildman–Crippen LogP) is 0.643. The number of hydrogen-bond donors (Lipinski definition) is 0. The first kappa shape index (κ1) is 3.29. The molecule has 2 rings (SSSR count). The van der Waals surface area contributed by atoms with Gasteiger partial charge in [-0.1, -0.05) is 0 Å². The Morgan fingerprint density at radius 2 is 2.00 bits per heavy atom. The second-order valence-electron chi connectivity index (χ2n) is 1.86. The summed E-state index contributed by atoms with van der Waals surface area (Å²) in [5.41, 5.74) is 0. The van der Waals surface area contributed by atoms with Gasteiger partial charge in [0, 0.05) is 12.8 Å². The fourth-order valence-electron chi connectivity index (χ4n) is 0.618. The third-order valence-electron chi connectivity index (χ3n) is 1.20. The highest BCUT2D eigenvalue weighted by Gasteiger charge is 2.59. The van der Waals surface area contributed by atoms with E-state index in [1.807, 2.05) is 0 Å². The molecule has 2 aliphatic rings. The fourth-order valence-corrected chi connectivity index (χ4v) is 0.618. The Bertz CT molecular complexity index is 115. The van der Waals surface area contributed by atoms with Crippen molar-refractivity contribution in [3.63, 3.8) is 0 Å². The van der Waals surface area contributed by atoms with E-state index in [1.54, 1.807) is 0 Å². The van der Waals surface area contributed by atoms with Crippen molar-refractivity contribution in [2.24, 2.45) is 0 Å². The van der Waals surface area contributed by atoms with Gasteiger partial charge in [-0.3, -0.25) is 0 Å². The van der Waals surface area contributed by atoms with Crippen LogP contribution in [0.15, 0.2) is 0 Å². The molecule has 1 aliphatic carbocycles. The van der Waals surface area contributed by atoms with Gasteiger partial charge in [0.05, 0.1) is 0 Å². The molecule has 3 heteroatoms. The lowest BCUT2D eigenvalue weighted by atomic mass is 10.6. The van der Waals surface area contributed by atoms with Crippen LogP contribution < -0.4 is 0 Å². The molecule has 38 valence electrons. The number of ether oxygens (including phenoxy) is 2. The topological polar surface area (TPSA) is 35.5 Å². The minimum atomic E-state index is -0.516. The highest BCUT2D eigenvalue weighted by Crippen LogP contribution is 2.47. The highest BCUT2D eigenvalue weighted by atomic mass is 16.9. The van der Waals surface area contributed by atoms with Crippen LogP contribution in [-0.4, -0.2) is 11.9 Å². The number of hydrogen-bond acceptors (Lipinski definition) is 3. The summed E-state index contributed by atoms with van der Waals surface area (Å²) in [7, 11) is 0. The quantitative estimate of drug-likeness (QED) is 0.419. The molecule has 0 bridgehead atoms. The van der Waals surface area contributed by atoms with Gasteiger partial charge in [-0.15, -0.1) is 0 Å². The molecule has 7 heavy (non-hydrogen) atoms. The molecule has 0 aromatic rings. The van der Waals surface area contributed by atoms with Crippen LogP contribution in [0, 0.1) is 0 Å². The molecule has 0 aromatic heterocycles. The van der Waals surface area contributed by atoms with E-state index in [-0.39, 0.29) is 0 Å². The molecular formula is C4H4O3. The first-order valence-corrected chi connectivity index (χ1v) is 2.23. The molecule has 1 saturated heterocycles. The zero-order valence-electron chi connectivity index (χ0n) is 3.64. The summed E-state index contributed by atoms with van der Waals surface area (Å²) in [5.74, 6) is -0.406. The van der Waals surface area contributed by atoms with E-state index < -0.39 is 11.9 Å². The lowest BCUT2D eigenvalue weighted by Crippen LogP contribution is -2.37. The van der Waals surface area contributed by atoms with Gasteiger partial charge in [0.25, 0.3) is 5.79 Å². The molecule has 0 radical (unpaired) electrons. The van der Waals surface area contributed by atoms with Gasteiger partial charge in [0.1, 0.15) is 0 Å². The summed E-state index contributed by atoms with van der Waals surface area (Å²) in [5, 5.41) is 0. The van der Waals surface area contributed by atoms with E-state index in [9.17, 15) is 4.79 Å². The van der Waals surface area contributed by atoms with Crippen LogP contribution in [0.1, 0.15) is 12.8 Å². The van der Waals surface area contributed by atoms with Gasteiger partial charge in [-0.2, -0.15) is 0 Å². The Kier molecular flexibility index (Phi) is 0.300. The van der Waals surface area contributed by atoms with E-state index in [0.29, 0.717) is 0 Å². The Labute approximate surface area is 40.2 Å². The minimum absolute atomic E-state index is 0.406. The van der Waals surface area contributed by atoms with Crippen molar-refractivity contribution in [2.75, 3.05) is 0 Å². The molecule has 1 saturated carbocycles. The minimum Gasteiger partial charge on any atom is -0.391 e. The van der Waals surface area contributed by atoms with Gasteiger partial charge in [-0.05, 0) is 0 Å². The zero-order valence-corrected chi connectivity index (χ0v) is 3.64. The van der Waals surface area contributed by atoms with E-state index in [1.165, 1.54) is 0 Å². The molecule has 1 spiro atoms. The van der Waals surface area contributed by atoms with Crippen LogP contribution in [0.3, 0.4) is 0 Å². The van der Waals surface area contributed by atoms with Gasteiger partial charge >= 0.3 is 6.16 Å². The maximum absolute atomic E-state index is 9.91. The molecule has 0 N–H and O–H groups in total. The fraction of sp³-hybridized carbons (Fsp3) is 0.750. The zero-order chi connectivity index (χ0) is 4.91. The number of carbonyl (C=O) groups is 1. The van der Waals surface area contributed by atoms with Gasteiger partial charge in [0.2, 0.25) is 0 Å². The van der Waals surface area contributed by atoms with Crippen molar-refractivity contribution in [1.82, 2.24) is 0 Å². The molecule has 1 heterocycles. The first-order valence-electron chi connectivity index (χ1n) is 2.23. The molecule has 2 fully saturated rings. The third-order valence-corrected chi connectivity index (χ3v) is 1.20. The first-order chi connectivity index (χ1) is 3.31. The van der Waals surface area contributed by atoms with Crippen LogP contribution in [0.2, 0.25) is 0 Å². The van der Waals surface area contributed by atoms with Crippen LogP contribution in [-0.2, 0) is 9.47 Å². The lowest BCUT2D eigenvalue weighted by molar-refractivity contribution is -0.205.